The highest BCUT2D eigenvalue weighted by Gasteiger charge is 2.17. The van der Waals surface area contributed by atoms with Gasteiger partial charge in [-0.3, -0.25) is 10.1 Å². The molecule has 1 aromatic carbocycles. The summed E-state index contributed by atoms with van der Waals surface area (Å²) in [6.07, 6.45) is 0. The van der Waals surface area contributed by atoms with Crippen molar-refractivity contribution in [1.29, 1.82) is 0 Å². The number of carbonyl (C=O) groups excluding carboxylic acids is 2. The summed E-state index contributed by atoms with van der Waals surface area (Å²) >= 11 is 0. The third-order valence-electron chi connectivity index (χ3n) is 2.80. The van der Waals surface area contributed by atoms with E-state index >= 15 is 0 Å². The van der Waals surface area contributed by atoms with Crippen LogP contribution in [0.3, 0.4) is 0 Å². The van der Waals surface area contributed by atoms with E-state index in [1.807, 2.05) is 0 Å². The van der Waals surface area contributed by atoms with Gasteiger partial charge in [-0.1, -0.05) is 0 Å². The average molecular weight is 290 g/mol. The van der Waals surface area contributed by atoms with Gasteiger partial charge in [-0.15, -0.1) is 0 Å². The van der Waals surface area contributed by atoms with E-state index < -0.39 is 11.9 Å². The van der Waals surface area contributed by atoms with Crippen molar-refractivity contribution in [2.45, 2.75) is 0 Å². The predicted molar refractivity (Wildman–Crippen MR) is 76.2 cm³/mol. The van der Waals surface area contributed by atoms with Crippen LogP contribution in [0.25, 0.3) is 11.3 Å². The molecule has 21 heavy (non-hydrogen) atoms. The van der Waals surface area contributed by atoms with Crippen LogP contribution in [0.4, 0.5) is 10.6 Å². The van der Waals surface area contributed by atoms with Crippen molar-refractivity contribution < 1.29 is 19.4 Å². The van der Waals surface area contributed by atoms with Crippen molar-refractivity contribution in [3.8, 4) is 22.8 Å². The van der Waals surface area contributed by atoms with Crippen LogP contribution in [0.1, 0.15) is 10.4 Å². The Morgan fingerprint density at radius 1 is 1.29 bits per heavy atom. The maximum atomic E-state index is 11.4. The number of methoxy groups -OCH3 is 1. The van der Waals surface area contributed by atoms with E-state index in [1.165, 1.54) is 25.3 Å². The highest BCUT2D eigenvalue weighted by Crippen LogP contribution is 2.34. The molecule has 8 nitrogen and oxygen atoms in total. The lowest BCUT2D eigenvalue weighted by Crippen LogP contribution is -2.22. The summed E-state index contributed by atoms with van der Waals surface area (Å²) in [6, 6.07) is 5.07. The third kappa shape index (κ3) is 2.89. The zero-order valence-electron chi connectivity index (χ0n) is 11.1. The molecule has 0 radical (unpaired) electrons. The Balaban J connectivity index is 2.57. The van der Waals surface area contributed by atoms with E-state index in [2.05, 4.69) is 10.3 Å². The van der Waals surface area contributed by atoms with Gasteiger partial charge in [0.15, 0.2) is 0 Å². The molecule has 7 N–H and O–H groups in total. The van der Waals surface area contributed by atoms with E-state index in [0.29, 0.717) is 17.0 Å². The molecule has 0 saturated carbocycles. The number of hydrogen-bond donors (Lipinski definition) is 5. The van der Waals surface area contributed by atoms with Crippen LogP contribution in [0, 0.1) is 0 Å². The van der Waals surface area contributed by atoms with Gasteiger partial charge in [0.05, 0.1) is 18.4 Å². The van der Waals surface area contributed by atoms with E-state index in [4.69, 9.17) is 16.2 Å². The second-order valence-electron chi connectivity index (χ2n) is 4.21. The molecule has 2 rings (SSSR count). The number of phenols is 1. The van der Waals surface area contributed by atoms with Crippen molar-refractivity contribution in [3.63, 3.8) is 0 Å². The molecule has 0 unspecified atom stereocenters. The number of urea groups is 1. The minimum absolute atomic E-state index is 0.0189. The Labute approximate surface area is 119 Å². The molecule has 8 heteroatoms. The molecule has 1 aromatic heterocycles. The zero-order chi connectivity index (χ0) is 15.6. The molecule has 0 aliphatic carbocycles. The van der Waals surface area contributed by atoms with Crippen LogP contribution in [-0.2, 0) is 0 Å². The number of aromatic hydroxyl groups is 1. The first-order valence-corrected chi connectivity index (χ1v) is 5.89. The van der Waals surface area contributed by atoms with Crippen LogP contribution in [-0.4, -0.2) is 29.1 Å². The van der Waals surface area contributed by atoms with Gasteiger partial charge in [0, 0.05) is 5.56 Å². The first-order chi connectivity index (χ1) is 9.92. The number of H-pyrrole nitrogens is 1. The van der Waals surface area contributed by atoms with Gasteiger partial charge in [0.1, 0.15) is 17.3 Å². The molecule has 0 fully saturated rings. The van der Waals surface area contributed by atoms with Gasteiger partial charge < -0.3 is 26.3 Å². The lowest BCUT2D eigenvalue weighted by molar-refractivity contribution is 0.100. The van der Waals surface area contributed by atoms with Gasteiger partial charge in [0.2, 0.25) is 0 Å². The molecule has 110 valence electrons. The lowest BCUT2D eigenvalue weighted by atomic mass is 10.1. The molecule has 2 aromatic rings. The van der Waals surface area contributed by atoms with Crippen LogP contribution >= 0.6 is 0 Å². The monoisotopic (exact) mass is 290 g/mol. The van der Waals surface area contributed by atoms with Crippen LogP contribution < -0.4 is 21.5 Å². The van der Waals surface area contributed by atoms with Gasteiger partial charge in [-0.25, -0.2) is 4.79 Å². The van der Waals surface area contributed by atoms with Crippen LogP contribution in [0.15, 0.2) is 24.3 Å². The van der Waals surface area contributed by atoms with Gasteiger partial charge in [-0.05, 0) is 24.3 Å². The lowest BCUT2D eigenvalue weighted by Gasteiger charge is -2.07. The summed E-state index contributed by atoms with van der Waals surface area (Å²) in [4.78, 5) is 25.1. The van der Waals surface area contributed by atoms with Crippen molar-refractivity contribution in [2.75, 3.05) is 12.4 Å². The van der Waals surface area contributed by atoms with Crippen molar-refractivity contribution >= 4 is 17.8 Å². The second kappa shape index (κ2) is 5.45. The fraction of sp³-hybridized carbons (Fsp3) is 0.0769. The number of benzene rings is 1. The summed E-state index contributed by atoms with van der Waals surface area (Å²) < 4.78 is 5.19. The Morgan fingerprint density at radius 3 is 2.57 bits per heavy atom. The first-order valence-electron chi connectivity index (χ1n) is 5.89. The largest absolute Gasteiger partial charge is 0.508 e. The average Bonchev–Trinajstić information content (AvgIpc) is 2.81. The van der Waals surface area contributed by atoms with Crippen molar-refractivity contribution in [2.24, 2.45) is 11.5 Å². The number of amides is 3. The molecular weight excluding hydrogens is 276 g/mol. The number of ether oxygens (including phenoxy) is 1. The van der Waals surface area contributed by atoms with E-state index in [9.17, 15) is 14.7 Å². The fourth-order valence-electron chi connectivity index (χ4n) is 1.92. The summed E-state index contributed by atoms with van der Waals surface area (Å²) in [5.74, 6) is -0.170. The van der Waals surface area contributed by atoms with Crippen LogP contribution in [0.5, 0.6) is 11.5 Å². The number of aromatic amines is 1. The topological polar surface area (TPSA) is 143 Å². The minimum Gasteiger partial charge on any atom is -0.508 e. The number of primary amides is 2. The first kappa shape index (κ1) is 14.3. The van der Waals surface area contributed by atoms with Gasteiger partial charge >= 0.3 is 6.03 Å². The Bertz CT molecular complexity index is 708. The second-order valence-corrected chi connectivity index (χ2v) is 4.21. The Kier molecular flexibility index (Phi) is 3.70. The van der Waals surface area contributed by atoms with Crippen molar-refractivity contribution in [3.05, 3.63) is 29.8 Å². The number of carbonyl (C=O) groups is 2. The maximum absolute atomic E-state index is 11.4. The van der Waals surface area contributed by atoms with E-state index in [1.54, 1.807) is 6.07 Å². The summed E-state index contributed by atoms with van der Waals surface area (Å²) in [5.41, 5.74) is 11.3. The number of hydrogen-bond acceptors (Lipinski definition) is 4. The number of anilines is 1. The predicted octanol–water partition coefficient (Wildman–Crippen LogP) is 0.985. The van der Waals surface area contributed by atoms with Gasteiger partial charge in [0.25, 0.3) is 5.91 Å². The molecule has 0 aliphatic rings. The molecule has 0 saturated heterocycles. The highest BCUT2D eigenvalue weighted by molar-refractivity contribution is 6.03. The summed E-state index contributed by atoms with van der Waals surface area (Å²) in [5, 5.41) is 11.9. The van der Waals surface area contributed by atoms with E-state index in [-0.39, 0.29) is 17.1 Å². The normalized spacial score (nSPS) is 10.1. The molecule has 0 aliphatic heterocycles. The molecular formula is C13H14N4O4. The minimum atomic E-state index is -0.839. The maximum Gasteiger partial charge on any atom is 0.317 e. The number of phenolic OH excluding ortho intramolecular Hbond substituents is 1. The SMILES string of the molecule is COc1ccc(O)cc1-c1cc(C(N)=O)c(NC(N)=O)[nH]1. The summed E-state index contributed by atoms with van der Waals surface area (Å²) in [6.45, 7) is 0. The number of nitrogens with one attached hydrogen (secondary N) is 2. The van der Waals surface area contributed by atoms with Crippen molar-refractivity contribution in [1.82, 2.24) is 4.98 Å². The van der Waals surface area contributed by atoms with Crippen LogP contribution in [0.2, 0.25) is 0 Å². The molecule has 0 bridgehead atoms. The highest BCUT2D eigenvalue weighted by atomic mass is 16.5. The number of nitrogens with two attached hydrogens (primary N) is 2. The van der Waals surface area contributed by atoms with E-state index in [0.717, 1.165) is 0 Å². The summed E-state index contributed by atoms with van der Waals surface area (Å²) in [7, 11) is 1.47. The Hall–Kier alpha value is -3.16. The fourth-order valence-corrected chi connectivity index (χ4v) is 1.92. The third-order valence-corrected chi connectivity index (χ3v) is 2.80. The Morgan fingerprint density at radius 2 is 2.00 bits per heavy atom. The molecule has 0 spiro atoms. The quantitative estimate of drug-likeness (QED) is 0.571. The molecule has 1 heterocycles. The standard InChI is InChI=1S/C13H14N4O4/c1-21-10-3-2-6(18)4-7(10)9-5-8(11(14)19)12(16-9)17-13(15)20/h2-5,16,18H,1H3,(H2,14,19)(H3,15,17,20). The molecule has 0 atom stereocenters. The zero-order valence-corrected chi connectivity index (χ0v) is 11.1. The number of rotatable bonds is 4. The smallest absolute Gasteiger partial charge is 0.317 e. The number of aromatic nitrogens is 1. The van der Waals surface area contributed by atoms with Gasteiger partial charge in [-0.2, -0.15) is 0 Å². The molecule has 3 amide bonds.